The molecule has 0 amide bonds. The van der Waals surface area contributed by atoms with Gasteiger partial charge < -0.3 is 25.7 Å². The van der Waals surface area contributed by atoms with Gasteiger partial charge in [-0.15, -0.1) is 0 Å². The summed E-state index contributed by atoms with van der Waals surface area (Å²) in [4.78, 5) is 0. The van der Waals surface area contributed by atoms with Crippen molar-refractivity contribution in [3.8, 4) is 17.2 Å². The molecule has 0 spiro atoms. The number of hydrogen-bond donors (Lipinski definition) is 5. The number of phenolic OH excluding ortho intramolecular Hbond substituents is 3. The molecule has 2 unspecified atom stereocenters. The van der Waals surface area contributed by atoms with Crippen molar-refractivity contribution in [2.45, 2.75) is 38.3 Å². The molecule has 0 radical (unpaired) electrons. The standard InChI is InChI=1S/C14H21NO4/c16-8-10-3-1-2-4-11(10)15-7-9-5-6-12(17)14(19)13(9)18/h5-6,10-11,15-19H,1-4,7-8H2. The average Bonchev–Trinajstić information content (AvgIpc) is 2.44. The highest BCUT2D eigenvalue weighted by Crippen LogP contribution is 2.37. The Labute approximate surface area is 112 Å². The molecule has 5 nitrogen and oxygen atoms in total. The number of aliphatic hydroxyl groups is 1. The van der Waals surface area contributed by atoms with E-state index in [-0.39, 0.29) is 30.1 Å². The summed E-state index contributed by atoms with van der Waals surface area (Å²) in [5.41, 5.74) is 0.539. The predicted molar refractivity (Wildman–Crippen MR) is 71.1 cm³/mol. The Hall–Kier alpha value is -1.46. The molecule has 0 aliphatic heterocycles. The van der Waals surface area contributed by atoms with E-state index in [1.54, 1.807) is 6.07 Å². The summed E-state index contributed by atoms with van der Waals surface area (Å²) in [5.74, 6) is -0.848. The molecule has 2 atom stereocenters. The molecular weight excluding hydrogens is 246 g/mol. The molecule has 0 bridgehead atoms. The molecule has 5 heteroatoms. The van der Waals surface area contributed by atoms with Gasteiger partial charge in [0.1, 0.15) is 0 Å². The van der Waals surface area contributed by atoms with Crippen molar-refractivity contribution in [3.05, 3.63) is 17.7 Å². The fourth-order valence-corrected chi connectivity index (χ4v) is 2.69. The van der Waals surface area contributed by atoms with E-state index in [4.69, 9.17) is 0 Å². The third-order valence-electron chi connectivity index (χ3n) is 3.91. The number of aliphatic hydroxyl groups excluding tert-OH is 1. The minimum Gasteiger partial charge on any atom is -0.504 e. The number of rotatable bonds is 4. The number of aromatic hydroxyl groups is 3. The second-order valence-electron chi connectivity index (χ2n) is 5.16. The molecule has 19 heavy (non-hydrogen) atoms. The van der Waals surface area contributed by atoms with E-state index in [0.29, 0.717) is 12.1 Å². The van der Waals surface area contributed by atoms with Gasteiger partial charge in [0.25, 0.3) is 0 Å². The Bertz CT molecular complexity index is 436. The van der Waals surface area contributed by atoms with Crippen LogP contribution in [-0.4, -0.2) is 33.1 Å². The zero-order valence-electron chi connectivity index (χ0n) is 10.8. The van der Waals surface area contributed by atoms with E-state index in [9.17, 15) is 20.4 Å². The van der Waals surface area contributed by atoms with Crippen LogP contribution in [0.3, 0.4) is 0 Å². The minimum atomic E-state index is -0.485. The lowest BCUT2D eigenvalue weighted by molar-refractivity contribution is 0.152. The first-order chi connectivity index (χ1) is 9.13. The third kappa shape index (κ3) is 3.11. The second kappa shape index (κ2) is 6.12. The average molecular weight is 267 g/mol. The van der Waals surface area contributed by atoms with Gasteiger partial charge in [0.05, 0.1) is 0 Å². The first kappa shape index (κ1) is 14.0. The molecule has 2 rings (SSSR count). The zero-order chi connectivity index (χ0) is 13.8. The first-order valence-electron chi connectivity index (χ1n) is 6.70. The Morgan fingerprint density at radius 1 is 1.05 bits per heavy atom. The van der Waals surface area contributed by atoms with E-state index in [2.05, 4.69) is 5.32 Å². The van der Waals surface area contributed by atoms with Crippen LogP contribution in [-0.2, 0) is 6.54 Å². The first-order valence-corrected chi connectivity index (χ1v) is 6.70. The summed E-state index contributed by atoms with van der Waals surface area (Å²) in [6, 6.07) is 3.17. The lowest BCUT2D eigenvalue weighted by atomic mass is 9.85. The van der Waals surface area contributed by atoms with E-state index in [0.717, 1.165) is 25.7 Å². The van der Waals surface area contributed by atoms with Crippen LogP contribution < -0.4 is 5.32 Å². The van der Waals surface area contributed by atoms with Gasteiger partial charge in [-0.3, -0.25) is 0 Å². The SMILES string of the molecule is OCC1CCCCC1NCc1ccc(O)c(O)c1O. The summed E-state index contributed by atoms with van der Waals surface area (Å²) >= 11 is 0. The lowest BCUT2D eigenvalue weighted by Crippen LogP contribution is -2.39. The van der Waals surface area contributed by atoms with Crippen molar-refractivity contribution >= 4 is 0 Å². The van der Waals surface area contributed by atoms with Gasteiger partial charge in [-0.2, -0.15) is 0 Å². The summed E-state index contributed by atoms with van der Waals surface area (Å²) in [7, 11) is 0. The van der Waals surface area contributed by atoms with E-state index in [1.165, 1.54) is 6.07 Å². The van der Waals surface area contributed by atoms with Crippen LogP contribution in [0.15, 0.2) is 12.1 Å². The Balaban J connectivity index is 2.00. The highest BCUT2D eigenvalue weighted by atomic mass is 16.3. The minimum absolute atomic E-state index is 0.171. The highest BCUT2D eigenvalue weighted by Gasteiger charge is 2.24. The van der Waals surface area contributed by atoms with Crippen molar-refractivity contribution in [1.29, 1.82) is 0 Å². The second-order valence-corrected chi connectivity index (χ2v) is 5.16. The molecular formula is C14H21NO4. The maximum absolute atomic E-state index is 9.73. The summed E-state index contributed by atoms with van der Waals surface area (Å²) in [5, 5.41) is 41.1. The molecule has 0 heterocycles. The summed E-state index contributed by atoms with van der Waals surface area (Å²) < 4.78 is 0. The zero-order valence-corrected chi connectivity index (χ0v) is 10.8. The van der Waals surface area contributed by atoms with Crippen LogP contribution in [0.5, 0.6) is 17.2 Å². The van der Waals surface area contributed by atoms with Gasteiger partial charge in [-0.25, -0.2) is 0 Å². The van der Waals surface area contributed by atoms with E-state index >= 15 is 0 Å². The van der Waals surface area contributed by atoms with Crippen molar-refractivity contribution in [1.82, 2.24) is 5.32 Å². The van der Waals surface area contributed by atoms with E-state index in [1.807, 2.05) is 0 Å². The summed E-state index contributed by atoms with van der Waals surface area (Å²) in [6.07, 6.45) is 4.31. The molecule has 1 aliphatic rings. The monoisotopic (exact) mass is 267 g/mol. The van der Waals surface area contributed by atoms with Gasteiger partial charge in [-0.05, 0) is 24.8 Å². The molecule has 0 saturated heterocycles. The van der Waals surface area contributed by atoms with Gasteiger partial charge in [0.15, 0.2) is 11.5 Å². The smallest absolute Gasteiger partial charge is 0.200 e. The van der Waals surface area contributed by atoms with Crippen molar-refractivity contribution < 1.29 is 20.4 Å². The lowest BCUT2D eigenvalue weighted by Gasteiger charge is -2.31. The fourth-order valence-electron chi connectivity index (χ4n) is 2.69. The topological polar surface area (TPSA) is 93.0 Å². The highest BCUT2D eigenvalue weighted by molar-refractivity contribution is 5.53. The molecule has 1 aromatic carbocycles. The number of phenols is 3. The maximum atomic E-state index is 9.73. The predicted octanol–water partition coefficient (Wildman–Crippen LogP) is 1.44. The van der Waals surface area contributed by atoms with E-state index < -0.39 is 5.75 Å². The number of benzene rings is 1. The molecule has 0 aromatic heterocycles. The maximum Gasteiger partial charge on any atom is 0.200 e. The van der Waals surface area contributed by atoms with Crippen LogP contribution in [0.1, 0.15) is 31.2 Å². The Kier molecular flexibility index (Phi) is 4.50. The van der Waals surface area contributed by atoms with Crippen molar-refractivity contribution in [3.63, 3.8) is 0 Å². The molecule has 1 aliphatic carbocycles. The van der Waals surface area contributed by atoms with Gasteiger partial charge in [0, 0.05) is 24.8 Å². The van der Waals surface area contributed by atoms with Crippen LogP contribution in [0, 0.1) is 5.92 Å². The molecule has 106 valence electrons. The molecule has 1 aromatic rings. The number of hydrogen-bond acceptors (Lipinski definition) is 5. The van der Waals surface area contributed by atoms with Gasteiger partial charge in [0.2, 0.25) is 5.75 Å². The largest absolute Gasteiger partial charge is 0.504 e. The third-order valence-corrected chi connectivity index (χ3v) is 3.91. The van der Waals surface area contributed by atoms with Crippen LogP contribution in [0.4, 0.5) is 0 Å². The summed E-state index contributed by atoms with van der Waals surface area (Å²) in [6.45, 7) is 0.575. The van der Waals surface area contributed by atoms with Crippen LogP contribution in [0.2, 0.25) is 0 Å². The van der Waals surface area contributed by atoms with Gasteiger partial charge >= 0.3 is 0 Å². The number of nitrogens with one attached hydrogen (secondary N) is 1. The van der Waals surface area contributed by atoms with Crippen LogP contribution in [0.25, 0.3) is 0 Å². The van der Waals surface area contributed by atoms with Crippen LogP contribution >= 0.6 is 0 Å². The normalized spacial score (nSPS) is 23.4. The molecule has 1 fully saturated rings. The molecule has 5 N–H and O–H groups in total. The fraction of sp³-hybridized carbons (Fsp3) is 0.571. The van der Waals surface area contributed by atoms with Crippen molar-refractivity contribution in [2.75, 3.05) is 6.61 Å². The Morgan fingerprint density at radius 3 is 2.53 bits per heavy atom. The molecule has 1 saturated carbocycles. The van der Waals surface area contributed by atoms with Gasteiger partial charge in [-0.1, -0.05) is 18.9 Å². The quantitative estimate of drug-likeness (QED) is 0.532. The van der Waals surface area contributed by atoms with Crippen molar-refractivity contribution in [2.24, 2.45) is 5.92 Å². The Morgan fingerprint density at radius 2 is 1.79 bits per heavy atom.